The minimum absolute atomic E-state index is 0.114. The molecule has 0 radical (unpaired) electrons. The molecule has 0 rings (SSSR count). The van der Waals surface area contributed by atoms with Crippen LogP contribution >= 0.6 is 0 Å². The van der Waals surface area contributed by atoms with Crippen LogP contribution in [0.5, 0.6) is 0 Å². The van der Waals surface area contributed by atoms with E-state index in [1.165, 1.54) is 70.6 Å². The highest BCUT2D eigenvalue weighted by Crippen LogP contribution is 2.13. The van der Waals surface area contributed by atoms with Crippen molar-refractivity contribution < 1.29 is 28.5 Å². The molecule has 0 aromatic heterocycles. The molecule has 0 heterocycles. The zero-order valence-corrected chi connectivity index (χ0v) is 21.2. The fourth-order valence-electron chi connectivity index (χ4n) is 3.38. The molecular weight excluding hydrogens is 408 g/mol. The molecule has 0 aliphatic rings. The lowest BCUT2D eigenvalue weighted by Crippen LogP contribution is -2.14. The molecule has 192 valence electrons. The summed E-state index contributed by atoms with van der Waals surface area (Å²) >= 11 is 0. The molecule has 0 aliphatic heterocycles. The summed E-state index contributed by atoms with van der Waals surface area (Å²) in [5, 5.41) is 0. The lowest BCUT2D eigenvalue weighted by atomic mass is 10.0. The van der Waals surface area contributed by atoms with E-state index in [0.29, 0.717) is 65.9 Å². The van der Waals surface area contributed by atoms with E-state index in [-0.39, 0.29) is 5.97 Å². The van der Waals surface area contributed by atoms with E-state index in [9.17, 15) is 4.79 Å². The van der Waals surface area contributed by atoms with Crippen molar-refractivity contribution in [1.82, 2.24) is 0 Å². The van der Waals surface area contributed by atoms with Gasteiger partial charge in [0.25, 0.3) is 0 Å². The minimum atomic E-state index is -0.114. The van der Waals surface area contributed by atoms with Crippen LogP contribution in [0.1, 0.15) is 104 Å². The summed E-state index contributed by atoms with van der Waals surface area (Å²) in [5.41, 5.74) is 0. The molecule has 0 saturated carbocycles. The van der Waals surface area contributed by atoms with Gasteiger partial charge in [0.05, 0.1) is 46.2 Å². The quantitative estimate of drug-likeness (QED) is 0.109. The number of carbonyl (C=O) groups is 1. The first kappa shape index (κ1) is 31.3. The monoisotopic (exact) mass is 460 g/mol. The Balaban J connectivity index is 3.14. The van der Waals surface area contributed by atoms with Gasteiger partial charge >= 0.3 is 5.97 Å². The van der Waals surface area contributed by atoms with Crippen LogP contribution in [0.2, 0.25) is 0 Å². The molecule has 0 N–H and O–H groups in total. The molecule has 6 nitrogen and oxygen atoms in total. The molecule has 32 heavy (non-hydrogen) atoms. The van der Waals surface area contributed by atoms with Crippen molar-refractivity contribution in [2.45, 2.75) is 104 Å². The Morgan fingerprint density at radius 1 is 0.469 bits per heavy atom. The number of rotatable bonds is 27. The molecule has 0 unspecified atom stereocenters. The van der Waals surface area contributed by atoms with Crippen molar-refractivity contribution in [3.8, 4) is 0 Å². The van der Waals surface area contributed by atoms with E-state index in [1.54, 1.807) is 0 Å². The summed E-state index contributed by atoms with van der Waals surface area (Å²) in [7, 11) is 0. The highest BCUT2D eigenvalue weighted by atomic mass is 16.6. The third-order valence-electron chi connectivity index (χ3n) is 5.30. The first-order valence-corrected chi connectivity index (χ1v) is 13.3. The largest absolute Gasteiger partial charge is 0.463 e. The van der Waals surface area contributed by atoms with Gasteiger partial charge in [0.15, 0.2) is 0 Å². The second-order valence-corrected chi connectivity index (χ2v) is 8.25. The minimum Gasteiger partial charge on any atom is -0.463 e. The highest BCUT2D eigenvalue weighted by Gasteiger charge is 2.02. The van der Waals surface area contributed by atoms with Crippen LogP contribution in [-0.2, 0) is 28.5 Å². The standard InChI is InChI=1S/C26H52O6/c1-3-5-6-7-8-9-10-11-12-13-14-15-16-17-26(27)32-25-24-31-23-22-30-21-20-29-19-18-28-4-2/h3-25H2,1-2H3. The van der Waals surface area contributed by atoms with Gasteiger partial charge < -0.3 is 23.7 Å². The third-order valence-corrected chi connectivity index (χ3v) is 5.30. The summed E-state index contributed by atoms with van der Waals surface area (Å²) in [4.78, 5) is 11.7. The van der Waals surface area contributed by atoms with E-state index < -0.39 is 0 Å². The van der Waals surface area contributed by atoms with Crippen molar-refractivity contribution >= 4 is 5.97 Å². The lowest BCUT2D eigenvalue weighted by molar-refractivity contribution is -0.145. The van der Waals surface area contributed by atoms with Gasteiger partial charge in [-0.25, -0.2) is 0 Å². The average molecular weight is 461 g/mol. The van der Waals surface area contributed by atoms with E-state index in [2.05, 4.69) is 6.92 Å². The normalized spacial score (nSPS) is 11.2. The van der Waals surface area contributed by atoms with Crippen LogP contribution in [0.4, 0.5) is 0 Å². The molecule has 0 aromatic carbocycles. The average Bonchev–Trinajstić information content (AvgIpc) is 2.80. The number of unbranched alkanes of at least 4 members (excludes halogenated alkanes) is 12. The van der Waals surface area contributed by atoms with Gasteiger partial charge in [-0.15, -0.1) is 0 Å². The van der Waals surface area contributed by atoms with Crippen LogP contribution in [0.3, 0.4) is 0 Å². The topological polar surface area (TPSA) is 63.2 Å². The number of hydrogen-bond acceptors (Lipinski definition) is 6. The van der Waals surface area contributed by atoms with Crippen molar-refractivity contribution in [2.24, 2.45) is 0 Å². The molecule has 0 spiro atoms. The summed E-state index contributed by atoms with van der Waals surface area (Å²) in [6, 6.07) is 0. The smallest absolute Gasteiger partial charge is 0.305 e. The van der Waals surface area contributed by atoms with Gasteiger partial charge in [-0.2, -0.15) is 0 Å². The van der Waals surface area contributed by atoms with Gasteiger partial charge in [-0.3, -0.25) is 4.79 Å². The van der Waals surface area contributed by atoms with Gasteiger partial charge in [-0.1, -0.05) is 84.0 Å². The molecule has 0 aliphatic carbocycles. The Morgan fingerprint density at radius 3 is 1.28 bits per heavy atom. The number of hydrogen-bond donors (Lipinski definition) is 0. The molecule has 6 heteroatoms. The van der Waals surface area contributed by atoms with Crippen molar-refractivity contribution in [1.29, 1.82) is 0 Å². The maximum absolute atomic E-state index is 11.7. The van der Waals surface area contributed by atoms with E-state index in [1.807, 2.05) is 6.92 Å². The van der Waals surface area contributed by atoms with E-state index in [4.69, 9.17) is 23.7 Å². The number of esters is 1. The van der Waals surface area contributed by atoms with E-state index in [0.717, 1.165) is 12.8 Å². The Kier molecular flexibility index (Phi) is 27.7. The van der Waals surface area contributed by atoms with Crippen LogP contribution in [0.25, 0.3) is 0 Å². The van der Waals surface area contributed by atoms with Crippen LogP contribution in [0, 0.1) is 0 Å². The predicted molar refractivity (Wildman–Crippen MR) is 130 cm³/mol. The first-order valence-electron chi connectivity index (χ1n) is 13.3. The van der Waals surface area contributed by atoms with Gasteiger partial charge in [0.2, 0.25) is 0 Å². The second-order valence-electron chi connectivity index (χ2n) is 8.25. The van der Waals surface area contributed by atoms with Crippen LogP contribution < -0.4 is 0 Å². The molecule has 0 bridgehead atoms. The third kappa shape index (κ3) is 27.3. The van der Waals surface area contributed by atoms with Crippen LogP contribution in [-0.4, -0.2) is 65.4 Å². The molecule has 0 fully saturated rings. The van der Waals surface area contributed by atoms with Crippen LogP contribution in [0.15, 0.2) is 0 Å². The summed E-state index contributed by atoms with van der Waals surface area (Å²) in [6.07, 6.45) is 17.5. The second kappa shape index (κ2) is 28.3. The van der Waals surface area contributed by atoms with Crippen molar-refractivity contribution in [3.05, 3.63) is 0 Å². The molecule has 0 saturated heterocycles. The molecule has 0 aromatic rings. The fourth-order valence-corrected chi connectivity index (χ4v) is 3.38. The predicted octanol–water partition coefficient (Wildman–Crippen LogP) is 6.10. The maximum atomic E-state index is 11.7. The Morgan fingerprint density at radius 2 is 0.844 bits per heavy atom. The summed E-state index contributed by atoms with van der Waals surface area (Å²) in [5.74, 6) is -0.114. The van der Waals surface area contributed by atoms with Crippen molar-refractivity contribution in [3.63, 3.8) is 0 Å². The SMILES string of the molecule is CCCCCCCCCCCCCCCC(=O)OCCOCCOCCOCCOCC. The Bertz CT molecular complexity index is 332. The fraction of sp³-hybridized carbons (Fsp3) is 0.962. The molecular formula is C26H52O6. The molecule has 0 amide bonds. The first-order chi connectivity index (χ1) is 15.8. The van der Waals surface area contributed by atoms with Gasteiger partial charge in [-0.05, 0) is 13.3 Å². The summed E-state index contributed by atoms with van der Waals surface area (Å²) < 4.78 is 26.5. The zero-order valence-electron chi connectivity index (χ0n) is 21.2. The van der Waals surface area contributed by atoms with E-state index >= 15 is 0 Å². The molecule has 0 atom stereocenters. The Hall–Kier alpha value is -0.690. The summed E-state index contributed by atoms with van der Waals surface area (Å²) in [6.45, 7) is 9.01. The Labute approximate surface area is 198 Å². The lowest BCUT2D eigenvalue weighted by Gasteiger charge is -2.08. The zero-order chi connectivity index (χ0) is 23.4. The highest BCUT2D eigenvalue weighted by molar-refractivity contribution is 5.69. The van der Waals surface area contributed by atoms with Gasteiger partial charge in [0.1, 0.15) is 6.61 Å². The van der Waals surface area contributed by atoms with Gasteiger partial charge in [0, 0.05) is 13.0 Å². The maximum Gasteiger partial charge on any atom is 0.305 e. The van der Waals surface area contributed by atoms with Crippen molar-refractivity contribution in [2.75, 3.05) is 59.5 Å². The number of carbonyl (C=O) groups excluding carboxylic acids is 1. The number of ether oxygens (including phenoxy) is 5.